The number of carboxylic acid groups (broad SMARTS) is 1. The molecule has 3 N–H and O–H groups in total. The van der Waals surface area contributed by atoms with Crippen molar-refractivity contribution in [3.8, 4) is 0 Å². The van der Waals surface area contributed by atoms with Crippen molar-refractivity contribution in [2.45, 2.75) is 6.54 Å². The molecule has 2 rings (SSSR count). The maximum absolute atomic E-state index is 12.1. The summed E-state index contributed by atoms with van der Waals surface area (Å²) in [6.07, 6.45) is 0. The monoisotopic (exact) mass is 290 g/mol. The molecule has 0 fully saturated rings. The Morgan fingerprint density at radius 2 is 1.85 bits per heavy atom. The van der Waals surface area contributed by atoms with Gasteiger partial charge in [0.15, 0.2) is 0 Å². The van der Waals surface area contributed by atoms with Crippen molar-refractivity contribution in [3.05, 3.63) is 51.7 Å². The normalized spacial score (nSPS) is 10.2. The average Bonchev–Trinajstić information content (AvgIpc) is 2.91. The summed E-state index contributed by atoms with van der Waals surface area (Å²) in [5.74, 6) is -1.32. The van der Waals surface area contributed by atoms with Gasteiger partial charge in [-0.15, -0.1) is 11.3 Å². The number of para-hydroxylation sites is 1. The van der Waals surface area contributed by atoms with E-state index in [2.05, 4.69) is 10.6 Å². The van der Waals surface area contributed by atoms with Gasteiger partial charge in [-0.3, -0.25) is 4.79 Å². The second kappa shape index (κ2) is 6.31. The number of carbonyl (C=O) groups is 2. The summed E-state index contributed by atoms with van der Waals surface area (Å²) < 4.78 is 0. The number of hydrogen-bond donors (Lipinski definition) is 3. The van der Waals surface area contributed by atoms with Crippen LogP contribution in [0.15, 0.2) is 36.4 Å². The highest BCUT2D eigenvalue weighted by atomic mass is 32.1. The van der Waals surface area contributed by atoms with E-state index in [1.807, 2.05) is 31.3 Å². The largest absolute Gasteiger partial charge is 0.477 e. The zero-order valence-corrected chi connectivity index (χ0v) is 11.7. The highest BCUT2D eigenvalue weighted by molar-refractivity contribution is 7.15. The van der Waals surface area contributed by atoms with Crippen LogP contribution in [0.2, 0.25) is 0 Å². The summed E-state index contributed by atoms with van der Waals surface area (Å²) in [5.41, 5.74) is 1.69. The van der Waals surface area contributed by atoms with E-state index < -0.39 is 5.97 Å². The maximum Gasteiger partial charge on any atom is 0.345 e. The van der Waals surface area contributed by atoms with Gasteiger partial charge in [0.2, 0.25) is 0 Å². The van der Waals surface area contributed by atoms with Crippen LogP contribution in [0, 0.1) is 0 Å². The Morgan fingerprint density at radius 1 is 1.15 bits per heavy atom. The molecule has 2 aromatic rings. The molecule has 104 valence electrons. The van der Waals surface area contributed by atoms with E-state index in [0.717, 1.165) is 22.6 Å². The van der Waals surface area contributed by atoms with Crippen LogP contribution in [-0.4, -0.2) is 24.0 Å². The lowest BCUT2D eigenvalue weighted by Gasteiger charge is -2.09. The first-order valence-corrected chi connectivity index (χ1v) is 6.80. The number of benzene rings is 1. The first-order valence-electron chi connectivity index (χ1n) is 5.99. The number of aromatic carboxylic acids is 1. The molecule has 1 amide bonds. The minimum absolute atomic E-state index is 0.152. The maximum atomic E-state index is 12.1. The fraction of sp³-hybridized carbons (Fsp3) is 0.143. The molecular formula is C14H14N2O3S. The fourth-order valence-electron chi connectivity index (χ4n) is 1.75. The topological polar surface area (TPSA) is 78.4 Å². The predicted octanol–water partition coefficient (Wildman–Crippen LogP) is 2.42. The molecule has 0 saturated carbocycles. The quantitative estimate of drug-likeness (QED) is 0.790. The second-order valence-electron chi connectivity index (χ2n) is 4.11. The summed E-state index contributed by atoms with van der Waals surface area (Å²) in [4.78, 5) is 23.4. The molecule has 0 aliphatic carbocycles. The highest BCUT2D eigenvalue weighted by Gasteiger charge is 2.14. The lowest BCUT2D eigenvalue weighted by atomic mass is 10.1. The summed E-state index contributed by atoms with van der Waals surface area (Å²) in [5, 5.41) is 14.7. The zero-order valence-electron chi connectivity index (χ0n) is 10.8. The van der Waals surface area contributed by atoms with Gasteiger partial charge in [-0.05, 0) is 30.8 Å². The zero-order chi connectivity index (χ0) is 14.5. The van der Waals surface area contributed by atoms with E-state index in [0.29, 0.717) is 11.4 Å². The van der Waals surface area contributed by atoms with Crippen molar-refractivity contribution in [2.24, 2.45) is 0 Å². The lowest BCUT2D eigenvalue weighted by molar-refractivity contribution is 0.0702. The van der Waals surface area contributed by atoms with Gasteiger partial charge in [0, 0.05) is 12.2 Å². The van der Waals surface area contributed by atoms with E-state index in [1.54, 1.807) is 0 Å². The number of carboxylic acids is 1. The smallest absolute Gasteiger partial charge is 0.345 e. The summed E-state index contributed by atoms with van der Waals surface area (Å²) in [6, 6.07) is 10.4. The SMILES string of the molecule is CNCc1ccccc1NC(=O)c1ccc(C(=O)O)s1. The number of rotatable bonds is 5. The molecule has 0 saturated heterocycles. The van der Waals surface area contributed by atoms with E-state index in [-0.39, 0.29) is 10.8 Å². The third-order valence-electron chi connectivity index (χ3n) is 2.67. The van der Waals surface area contributed by atoms with Gasteiger partial charge in [0.1, 0.15) is 4.88 Å². The Morgan fingerprint density at radius 3 is 2.50 bits per heavy atom. The van der Waals surface area contributed by atoms with Crippen LogP contribution in [0.25, 0.3) is 0 Å². The Balaban J connectivity index is 2.16. The van der Waals surface area contributed by atoms with Gasteiger partial charge in [0.25, 0.3) is 5.91 Å². The number of anilines is 1. The Bertz CT molecular complexity index is 637. The molecular weight excluding hydrogens is 276 g/mol. The van der Waals surface area contributed by atoms with Crippen LogP contribution >= 0.6 is 11.3 Å². The van der Waals surface area contributed by atoms with E-state index in [1.165, 1.54) is 12.1 Å². The fourth-order valence-corrected chi connectivity index (χ4v) is 2.49. The lowest BCUT2D eigenvalue weighted by Crippen LogP contribution is -2.14. The Labute approximate surface area is 120 Å². The average molecular weight is 290 g/mol. The standard InChI is InChI=1S/C14H14N2O3S/c1-15-8-9-4-2-3-5-10(9)16-13(17)11-6-7-12(20-11)14(18)19/h2-7,15H,8H2,1H3,(H,16,17)(H,18,19). The Hall–Kier alpha value is -2.18. The number of nitrogens with one attached hydrogen (secondary N) is 2. The van der Waals surface area contributed by atoms with Crippen LogP contribution in [0.3, 0.4) is 0 Å². The first kappa shape index (κ1) is 14.2. The number of hydrogen-bond acceptors (Lipinski definition) is 4. The molecule has 5 nitrogen and oxygen atoms in total. The molecule has 0 atom stereocenters. The number of thiophene rings is 1. The van der Waals surface area contributed by atoms with Crippen molar-refractivity contribution < 1.29 is 14.7 Å². The molecule has 0 aliphatic heterocycles. The summed E-state index contributed by atoms with van der Waals surface area (Å²) in [6.45, 7) is 0.640. The van der Waals surface area contributed by atoms with Gasteiger partial charge < -0.3 is 15.7 Å². The number of amides is 1. The first-order chi connectivity index (χ1) is 9.61. The van der Waals surface area contributed by atoms with Gasteiger partial charge in [-0.2, -0.15) is 0 Å². The summed E-state index contributed by atoms with van der Waals surface area (Å²) in [7, 11) is 1.83. The van der Waals surface area contributed by atoms with Crippen molar-refractivity contribution in [1.29, 1.82) is 0 Å². The number of carbonyl (C=O) groups excluding carboxylic acids is 1. The third kappa shape index (κ3) is 3.23. The van der Waals surface area contributed by atoms with Crippen LogP contribution in [0.5, 0.6) is 0 Å². The molecule has 20 heavy (non-hydrogen) atoms. The molecule has 0 unspecified atom stereocenters. The molecule has 6 heteroatoms. The van der Waals surface area contributed by atoms with Crippen molar-refractivity contribution in [2.75, 3.05) is 12.4 Å². The van der Waals surface area contributed by atoms with E-state index >= 15 is 0 Å². The van der Waals surface area contributed by atoms with Gasteiger partial charge in [0.05, 0.1) is 4.88 Å². The molecule has 0 bridgehead atoms. The van der Waals surface area contributed by atoms with Crippen LogP contribution in [-0.2, 0) is 6.54 Å². The molecule has 1 heterocycles. The van der Waals surface area contributed by atoms with E-state index in [4.69, 9.17) is 5.11 Å². The Kier molecular flexibility index (Phi) is 4.49. The molecule has 0 spiro atoms. The van der Waals surface area contributed by atoms with Crippen LogP contribution < -0.4 is 10.6 Å². The van der Waals surface area contributed by atoms with Crippen LogP contribution in [0.1, 0.15) is 24.9 Å². The van der Waals surface area contributed by atoms with Gasteiger partial charge >= 0.3 is 5.97 Å². The second-order valence-corrected chi connectivity index (χ2v) is 5.19. The van der Waals surface area contributed by atoms with Gasteiger partial charge in [-0.1, -0.05) is 18.2 Å². The highest BCUT2D eigenvalue weighted by Crippen LogP contribution is 2.20. The van der Waals surface area contributed by atoms with Crippen LogP contribution in [0.4, 0.5) is 5.69 Å². The van der Waals surface area contributed by atoms with Crippen molar-refractivity contribution in [1.82, 2.24) is 5.32 Å². The van der Waals surface area contributed by atoms with Crippen molar-refractivity contribution >= 4 is 28.9 Å². The summed E-state index contributed by atoms with van der Waals surface area (Å²) >= 11 is 0.960. The minimum atomic E-state index is -1.02. The van der Waals surface area contributed by atoms with Crippen molar-refractivity contribution in [3.63, 3.8) is 0 Å². The minimum Gasteiger partial charge on any atom is -0.477 e. The molecule has 1 aromatic carbocycles. The van der Waals surface area contributed by atoms with E-state index in [9.17, 15) is 9.59 Å². The molecule has 1 aromatic heterocycles. The van der Waals surface area contributed by atoms with Gasteiger partial charge in [-0.25, -0.2) is 4.79 Å². The predicted molar refractivity (Wildman–Crippen MR) is 78.4 cm³/mol. The molecule has 0 aliphatic rings. The third-order valence-corrected chi connectivity index (χ3v) is 3.75. The molecule has 0 radical (unpaired) electrons.